The number of fused-ring (bicyclic) bond motifs is 1. The first-order chi connectivity index (χ1) is 14.6. The average Bonchev–Trinajstić information content (AvgIpc) is 2.78. The molecule has 0 heterocycles. The summed E-state index contributed by atoms with van der Waals surface area (Å²) in [6, 6.07) is 23.7. The normalized spacial score (nSPS) is 20.9. The standard InChI is InChI=1S/C25H22N2O3/c28-24(14-16-7-1-6-12-23(16)27(29)30)26-15-17-13-22-18-8-2-4-10-20(18)25(17)21-11-5-3-9-19(21)22/h1-12,17,22,25H,13-15H2,(H,26,28)/t17-,22?,25?/m1/s1. The second-order valence-corrected chi connectivity index (χ2v) is 8.15. The molecule has 3 aliphatic rings. The predicted octanol–water partition coefficient (Wildman–Crippen LogP) is 4.55. The fourth-order valence-corrected chi connectivity index (χ4v) is 5.28. The number of nitrogens with zero attached hydrogens (tertiary/aromatic N) is 1. The van der Waals surface area contributed by atoms with Gasteiger partial charge in [0.2, 0.25) is 5.91 Å². The van der Waals surface area contributed by atoms with Crippen LogP contribution in [-0.4, -0.2) is 17.4 Å². The maximum Gasteiger partial charge on any atom is 0.273 e. The van der Waals surface area contributed by atoms with Crippen LogP contribution in [0.2, 0.25) is 0 Å². The maximum atomic E-state index is 12.6. The van der Waals surface area contributed by atoms with Gasteiger partial charge in [-0.3, -0.25) is 14.9 Å². The first kappa shape index (κ1) is 18.6. The van der Waals surface area contributed by atoms with E-state index in [1.54, 1.807) is 18.2 Å². The number of carbonyl (C=O) groups is 1. The lowest BCUT2D eigenvalue weighted by molar-refractivity contribution is -0.385. The van der Waals surface area contributed by atoms with Crippen LogP contribution in [0.5, 0.6) is 0 Å². The molecular formula is C25H22N2O3. The van der Waals surface area contributed by atoms with Gasteiger partial charge in [0, 0.05) is 30.0 Å². The molecule has 0 saturated heterocycles. The molecule has 0 saturated carbocycles. The molecule has 30 heavy (non-hydrogen) atoms. The minimum atomic E-state index is -0.434. The number of nitro groups is 1. The Kier molecular flexibility index (Phi) is 4.58. The topological polar surface area (TPSA) is 72.2 Å². The highest BCUT2D eigenvalue weighted by atomic mass is 16.6. The monoisotopic (exact) mass is 398 g/mol. The molecular weight excluding hydrogens is 376 g/mol. The first-order valence-corrected chi connectivity index (χ1v) is 10.3. The number of nitro benzene ring substituents is 1. The van der Waals surface area contributed by atoms with Crippen LogP contribution in [0.4, 0.5) is 5.69 Å². The summed E-state index contributed by atoms with van der Waals surface area (Å²) >= 11 is 0. The third-order valence-electron chi connectivity index (χ3n) is 6.52. The Hall–Kier alpha value is -3.47. The van der Waals surface area contributed by atoms with Gasteiger partial charge in [-0.15, -0.1) is 0 Å². The molecule has 0 fully saturated rings. The molecule has 1 atom stereocenters. The first-order valence-electron chi connectivity index (χ1n) is 10.3. The number of carbonyl (C=O) groups excluding carboxylic acids is 1. The van der Waals surface area contributed by atoms with Crippen LogP contribution < -0.4 is 5.32 Å². The van der Waals surface area contributed by atoms with Gasteiger partial charge in [0.25, 0.3) is 5.69 Å². The minimum Gasteiger partial charge on any atom is -0.355 e. The van der Waals surface area contributed by atoms with Crippen molar-refractivity contribution >= 4 is 11.6 Å². The van der Waals surface area contributed by atoms with E-state index in [1.807, 2.05) is 0 Å². The summed E-state index contributed by atoms with van der Waals surface area (Å²) in [6.45, 7) is 0.573. The lowest BCUT2D eigenvalue weighted by Crippen LogP contribution is -2.39. The lowest BCUT2D eigenvalue weighted by atomic mass is 9.59. The van der Waals surface area contributed by atoms with Gasteiger partial charge in [-0.25, -0.2) is 0 Å². The Bertz CT molecular complexity index is 1090. The quantitative estimate of drug-likeness (QED) is 0.506. The Morgan fingerprint density at radius 3 is 2.10 bits per heavy atom. The molecule has 150 valence electrons. The number of benzene rings is 3. The van der Waals surface area contributed by atoms with E-state index in [-0.39, 0.29) is 23.9 Å². The highest BCUT2D eigenvalue weighted by Crippen LogP contribution is 2.55. The largest absolute Gasteiger partial charge is 0.355 e. The molecule has 3 aromatic carbocycles. The number of rotatable bonds is 5. The second-order valence-electron chi connectivity index (χ2n) is 8.15. The molecule has 5 nitrogen and oxygen atoms in total. The van der Waals surface area contributed by atoms with Crippen LogP contribution in [0.1, 0.15) is 46.1 Å². The Morgan fingerprint density at radius 2 is 1.47 bits per heavy atom. The molecule has 5 heteroatoms. The molecule has 2 bridgehead atoms. The molecule has 0 unspecified atom stereocenters. The van der Waals surface area contributed by atoms with Crippen molar-refractivity contribution in [1.82, 2.24) is 5.32 Å². The van der Waals surface area contributed by atoms with Gasteiger partial charge in [0.1, 0.15) is 0 Å². The maximum absolute atomic E-state index is 12.6. The van der Waals surface area contributed by atoms with Crippen molar-refractivity contribution in [2.75, 3.05) is 6.54 Å². The zero-order chi connectivity index (χ0) is 20.7. The molecule has 1 amide bonds. The van der Waals surface area contributed by atoms with Crippen molar-refractivity contribution in [3.8, 4) is 0 Å². The van der Waals surface area contributed by atoms with Crippen LogP contribution in [0, 0.1) is 16.0 Å². The minimum absolute atomic E-state index is 0.00720. The molecule has 0 aliphatic heterocycles. The summed E-state index contributed by atoms with van der Waals surface area (Å²) < 4.78 is 0. The van der Waals surface area contributed by atoms with Crippen LogP contribution in [0.15, 0.2) is 72.8 Å². The zero-order valence-electron chi connectivity index (χ0n) is 16.5. The van der Waals surface area contributed by atoms with Gasteiger partial charge >= 0.3 is 0 Å². The van der Waals surface area contributed by atoms with E-state index in [4.69, 9.17) is 0 Å². The Morgan fingerprint density at radius 1 is 0.900 bits per heavy atom. The third kappa shape index (κ3) is 3.07. The molecule has 0 radical (unpaired) electrons. The number of hydrogen-bond donors (Lipinski definition) is 1. The molecule has 0 spiro atoms. The number of para-hydroxylation sites is 1. The highest BCUT2D eigenvalue weighted by molar-refractivity contribution is 5.79. The summed E-state index contributed by atoms with van der Waals surface area (Å²) in [4.78, 5) is 23.4. The van der Waals surface area contributed by atoms with Crippen molar-refractivity contribution in [2.24, 2.45) is 5.92 Å². The van der Waals surface area contributed by atoms with Crippen LogP contribution >= 0.6 is 0 Å². The SMILES string of the molecule is O=C(Cc1ccccc1[N+](=O)[O-])NC[C@H]1CC2c3ccccc3C1c1ccccc12. The van der Waals surface area contributed by atoms with Crippen molar-refractivity contribution < 1.29 is 9.72 Å². The number of nitrogens with one attached hydrogen (secondary N) is 1. The Balaban J connectivity index is 1.35. The second kappa shape index (κ2) is 7.41. The fraction of sp³-hybridized carbons (Fsp3) is 0.240. The summed E-state index contributed by atoms with van der Waals surface area (Å²) in [5, 5.41) is 14.3. The van der Waals surface area contributed by atoms with Crippen molar-refractivity contribution in [3.05, 3.63) is 111 Å². The van der Waals surface area contributed by atoms with Crippen molar-refractivity contribution in [2.45, 2.75) is 24.7 Å². The van der Waals surface area contributed by atoms with Crippen LogP contribution in [-0.2, 0) is 11.2 Å². The number of amides is 1. The number of hydrogen-bond acceptors (Lipinski definition) is 3. The van der Waals surface area contributed by atoms with E-state index in [0.29, 0.717) is 23.9 Å². The smallest absolute Gasteiger partial charge is 0.273 e. The van der Waals surface area contributed by atoms with Gasteiger partial charge in [-0.2, -0.15) is 0 Å². The van der Waals surface area contributed by atoms with E-state index in [1.165, 1.54) is 28.3 Å². The van der Waals surface area contributed by atoms with E-state index in [2.05, 4.69) is 53.8 Å². The summed E-state index contributed by atoms with van der Waals surface area (Å²) in [6.07, 6.45) is 1.02. The summed E-state index contributed by atoms with van der Waals surface area (Å²) in [5.74, 6) is 0.773. The molecule has 1 N–H and O–H groups in total. The summed E-state index contributed by atoms with van der Waals surface area (Å²) in [7, 11) is 0. The molecule has 3 aliphatic carbocycles. The molecule has 6 rings (SSSR count). The van der Waals surface area contributed by atoms with Gasteiger partial charge in [0.05, 0.1) is 11.3 Å². The van der Waals surface area contributed by atoms with Crippen LogP contribution in [0.3, 0.4) is 0 Å². The average molecular weight is 398 g/mol. The lowest BCUT2D eigenvalue weighted by Gasteiger charge is -2.45. The fourth-order valence-electron chi connectivity index (χ4n) is 5.28. The van der Waals surface area contributed by atoms with E-state index < -0.39 is 4.92 Å². The van der Waals surface area contributed by atoms with Crippen molar-refractivity contribution in [3.63, 3.8) is 0 Å². The predicted molar refractivity (Wildman–Crippen MR) is 114 cm³/mol. The third-order valence-corrected chi connectivity index (χ3v) is 6.52. The van der Waals surface area contributed by atoms with Gasteiger partial charge < -0.3 is 5.32 Å². The van der Waals surface area contributed by atoms with Gasteiger partial charge in [-0.05, 0) is 34.6 Å². The molecule has 3 aromatic rings. The van der Waals surface area contributed by atoms with E-state index in [0.717, 1.165) is 6.42 Å². The Labute approximate surface area is 174 Å². The molecule has 0 aromatic heterocycles. The highest BCUT2D eigenvalue weighted by Gasteiger charge is 2.42. The summed E-state index contributed by atoms with van der Waals surface area (Å²) in [5.41, 5.74) is 5.98. The van der Waals surface area contributed by atoms with Gasteiger partial charge in [0.15, 0.2) is 0 Å². The van der Waals surface area contributed by atoms with Crippen LogP contribution in [0.25, 0.3) is 0 Å². The van der Waals surface area contributed by atoms with Gasteiger partial charge in [-0.1, -0.05) is 66.7 Å². The zero-order valence-corrected chi connectivity index (χ0v) is 16.5. The van der Waals surface area contributed by atoms with Crippen molar-refractivity contribution in [1.29, 1.82) is 0 Å². The van der Waals surface area contributed by atoms with E-state index in [9.17, 15) is 14.9 Å². The van der Waals surface area contributed by atoms with E-state index >= 15 is 0 Å².